The highest BCUT2D eigenvalue weighted by Gasteiger charge is 2.41. The third-order valence-corrected chi connectivity index (χ3v) is 5.34. The van der Waals surface area contributed by atoms with Crippen LogP contribution in [0.2, 0.25) is 0 Å². The number of likely N-dealkylation sites (tertiary alicyclic amines) is 2. The topological polar surface area (TPSA) is 23.6 Å². The zero-order chi connectivity index (χ0) is 14.2. The lowest BCUT2D eigenvalue weighted by Gasteiger charge is -2.37. The number of amides is 1. The molecule has 2 fully saturated rings. The highest BCUT2D eigenvalue weighted by Crippen LogP contribution is 2.40. The summed E-state index contributed by atoms with van der Waals surface area (Å²) < 4.78 is 0.969. The Hall–Kier alpha value is -0.870. The van der Waals surface area contributed by atoms with E-state index in [1.807, 2.05) is 29.2 Å². The van der Waals surface area contributed by atoms with E-state index in [1.54, 1.807) is 0 Å². The smallest absolute Gasteiger partial charge is 0.253 e. The van der Waals surface area contributed by atoms with Crippen LogP contribution in [0.15, 0.2) is 28.7 Å². The van der Waals surface area contributed by atoms with Crippen molar-refractivity contribution < 1.29 is 4.79 Å². The van der Waals surface area contributed by atoms with Crippen molar-refractivity contribution in [3.8, 4) is 0 Å². The molecule has 20 heavy (non-hydrogen) atoms. The molecule has 1 amide bonds. The first-order chi connectivity index (χ1) is 9.58. The Labute approximate surface area is 129 Å². The van der Waals surface area contributed by atoms with Crippen LogP contribution in [0.4, 0.5) is 0 Å². The van der Waals surface area contributed by atoms with Gasteiger partial charge in [0.05, 0.1) is 0 Å². The first-order valence-electron chi connectivity index (χ1n) is 7.31. The van der Waals surface area contributed by atoms with E-state index in [2.05, 4.69) is 27.9 Å². The normalized spacial score (nSPS) is 22.4. The van der Waals surface area contributed by atoms with E-state index in [0.29, 0.717) is 5.41 Å². The molecule has 2 aliphatic rings. The molecule has 1 aromatic carbocycles. The molecule has 108 valence electrons. The van der Waals surface area contributed by atoms with Crippen LogP contribution in [0, 0.1) is 5.41 Å². The number of nitrogens with zero attached hydrogens (tertiary/aromatic N) is 2. The second-order valence-electron chi connectivity index (χ2n) is 6.29. The average Bonchev–Trinajstić information content (AvgIpc) is 2.86. The zero-order valence-corrected chi connectivity index (χ0v) is 13.5. The number of rotatable bonds is 1. The Morgan fingerprint density at radius 3 is 2.60 bits per heavy atom. The fraction of sp³-hybridized carbons (Fsp3) is 0.562. The molecule has 1 spiro atoms. The molecule has 0 aromatic heterocycles. The maximum atomic E-state index is 12.6. The van der Waals surface area contributed by atoms with Gasteiger partial charge in [0.2, 0.25) is 0 Å². The fourth-order valence-corrected chi connectivity index (χ4v) is 3.81. The van der Waals surface area contributed by atoms with Gasteiger partial charge in [0.1, 0.15) is 0 Å². The molecule has 4 heteroatoms. The van der Waals surface area contributed by atoms with Gasteiger partial charge in [-0.2, -0.15) is 0 Å². The molecule has 3 rings (SSSR count). The molecule has 3 nitrogen and oxygen atoms in total. The van der Waals surface area contributed by atoms with Crippen LogP contribution in [0.5, 0.6) is 0 Å². The molecule has 0 unspecified atom stereocenters. The zero-order valence-electron chi connectivity index (χ0n) is 11.9. The molecule has 0 aliphatic carbocycles. The van der Waals surface area contributed by atoms with Crippen LogP contribution in [-0.4, -0.2) is 48.9 Å². The molecule has 2 saturated heterocycles. The van der Waals surface area contributed by atoms with Gasteiger partial charge < -0.3 is 9.80 Å². The van der Waals surface area contributed by atoms with Crippen molar-refractivity contribution in [3.63, 3.8) is 0 Å². The summed E-state index contributed by atoms with van der Waals surface area (Å²) in [4.78, 5) is 17.0. The van der Waals surface area contributed by atoms with E-state index in [4.69, 9.17) is 0 Å². The van der Waals surface area contributed by atoms with Gasteiger partial charge in [-0.25, -0.2) is 0 Å². The van der Waals surface area contributed by atoms with Gasteiger partial charge in [-0.05, 0) is 63.0 Å². The van der Waals surface area contributed by atoms with Gasteiger partial charge in [-0.15, -0.1) is 0 Å². The van der Waals surface area contributed by atoms with Crippen LogP contribution >= 0.6 is 15.9 Å². The van der Waals surface area contributed by atoms with Crippen molar-refractivity contribution in [2.45, 2.75) is 19.3 Å². The van der Waals surface area contributed by atoms with E-state index < -0.39 is 0 Å². The van der Waals surface area contributed by atoms with E-state index in [0.717, 1.165) is 23.1 Å². The molecule has 0 N–H and O–H groups in total. The number of piperidine rings is 1. The summed E-state index contributed by atoms with van der Waals surface area (Å²) in [6, 6.07) is 7.71. The largest absolute Gasteiger partial charge is 0.338 e. The van der Waals surface area contributed by atoms with Crippen molar-refractivity contribution in [2.24, 2.45) is 5.41 Å². The summed E-state index contributed by atoms with van der Waals surface area (Å²) >= 11 is 3.44. The number of carbonyl (C=O) groups is 1. The number of carbonyl (C=O) groups excluding carboxylic acids is 1. The van der Waals surface area contributed by atoms with Crippen LogP contribution in [0.25, 0.3) is 0 Å². The van der Waals surface area contributed by atoms with Crippen LogP contribution < -0.4 is 0 Å². The first kappa shape index (κ1) is 14.1. The quantitative estimate of drug-likeness (QED) is 0.787. The lowest BCUT2D eigenvalue weighted by atomic mass is 9.78. The van der Waals surface area contributed by atoms with Gasteiger partial charge in [0.15, 0.2) is 0 Å². The first-order valence-corrected chi connectivity index (χ1v) is 8.11. The van der Waals surface area contributed by atoms with Gasteiger partial charge in [0.25, 0.3) is 5.91 Å². The van der Waals surface area contributed by atoms with Crippen molar-refractivity contribution in [2.75, 3.05) is 33.2 Å². The minimum atomic E-state index is 0.183. The highest BCUT2D eigenvalue weighted by atomic mass is 79.9. The lowest BCUT2D eigenvalue weighted by molar-refractivity contribution is 0.0736. The molecule has 2 aliphatic heterocycles. The van der Waals surface area contributed by atoms with Crippen LogP contribution in [-0.2, 0) is 0 Å². The standard InChI is InChI=1S/C16H21BrN2O/c1-18-8-5-16(6-9-18)7-10-19(12-16)15(20)13-3-2-4-14(17)11-13/h2-4,11H,5-10,12H2,1H3. The monoisotopic (exact) mass is 336 g/mol. The predicted molar refractivity (Wildman–Crippen MR) is 83.8 cm³/mol. The van der Waals surface area contributed by atoms with Gasteiger partial charge in [0, 0.05) is 23.1 Å². The number of hydrogen-bond donors (Lipinski definition) is 0. The highest BCUT2D eigenvalue weighted by molar-refractivity contribution is 9.10. The van der Waals surface area contributed by atoms with Gasteiger partial charge in [-0.3, -0.25) is 4.79 Å². The van der Waals surface area contributed by atoms with E-state index in [1.165, 1.54) is 32.4 Å². The average molecular weight is 337 g/mol. The summed E-state index contributed by atoms with van der Waals surface area (Å²) in [6.07, 6.45) is 3.62. The third-order valence-electron chi connectivity index (χ3n) is 4.84. The molecule has 0 bridgehead atoms. The lowest BCUT2D eigenvalue weighted by Crippen LogP contribution is -2.40. The van der Waals surface area contributed by atoms with E-state index in [9.17, 15) is 4.79 Å². The second kappa shape index (κ2) is 5.49. The van der Waals surface area contributed by atoms with Crippen LogP contribution in [0.1, 0.15) is 29.6 Å². The summed E-state index contributed by atoms with van der Waals surface area (Å²) in [6.45, 7) is 4.18. The summed E-state index contributed by atoms with van der Waals surface area (Å²) in [5.74, 6) is 0.183. The number of halogens is 1. The fourth-order valence-electron chi connectivity index (χ4n) is 3.41. The molecule has 0 radical (unpaired) electrons. The maximum Gasteiger partial charge on any atom is 0.253 e. The SMILES string of the molecule is CN1CCC2(CC1)CCN(C(=O)c1cccc(Br)c1)C2. The van der Waals surface area contributed by atoms with Gasteiger partial charge in [-0.1, -0.05) is 22.0 Å². The Morgan fingerprint density at radius 2 is 1.90 bits per heavy atom. The summed E-state index contributed by atoms with van der Waals surface area (Å²) in [7, 11) is 2.19. The van der Waals surface area contributed by atoms with E-state index >= 15 is 0 Å². The van der Waals surface area contributed by atoms with Gasteiger partial charge >= 0.3 is 0 Å². The Morgan fingerprint density at radius 1 is 1.20 bits per heavy atom. The predicted octanol–water partition coefficient (Wildman–Crippen LogP) is 3.01. The van der Waals surface area contributed by atoms with Crippen molar-refractivity contribution in [1.29, 1.82) is 0 Å². The summed E-state index contributed by atoms with van der Waals surface area (Å²) in [5, 5.41) is 0. The number of hydrogen-bond acceptors (Lipinski definition) is 2. The Kier molecular flexibility index (Phi) is 3.87. The molecule has 0 atom stereocenters. The van der Waals surface area contributed by atoms with Crippen molar-refractivity contribution in [3.05, 3.63) is 34.3 Å². The molecule has 1 aromatic rings. The van der Waals surface area contributed by atoms with E-state index in [-0.39, 0.29) is 5.91 Å². The summed E-state index contributed by atoms with van der Waals surface area (Å²) in [5.41, 5.74) is 1.18. The third kappa shape index (κ3) is 2.77. The van der Waals surface area contributed by atoms with Crippen LogP contribution in [0.3, 0.4) is 0 Å². The maximum absolute atomic E-state index is 12.6. The minimum Gasteiger partial charge on any atom is -0.338 e. The van der Waals surface area contributed by atoms with Crippen molar-refractivity contribution >= 4 is 21.8 Å². The molecular weight excluding hydrogens is 316 g/mol. The second-order valence-corrected chi connectivity index (χ2v) is 7.21. The molecule has 0 saturated carbocycles. The Bertz CT molecular complexity index is 509. The minimum absolute atomic E-state index is 0.183. The Balaban J connectivity index is 1.69. The molecule has 2 heterocycles. The van der Waals surface area contributed by atoms with Crippen molar-refractivity contribution in [1.82, 2.24) is 9.80 Å². The number of benzene rings is 1. The molecular formula is C16H21BrN2O.